The normalized spacial score (nSPS) is 21.9. The first-order valence-corrected chi connectivity index (χ1v) is 11.8. The molecule has 1 aliphatic heterocycles. The van der Waals surface area contributed by atoms with Crippen LogP contribution in [-0.4, -0.2) is 31.0 Å². The van der Waals surface area contributed by atoms with Crippen LogP contribution in [0.4, 0.5) is 0 Å². The Kier molecular flexibility index (Phi) is 9.24. The standard InChI is InChI=1S/C29H31NO4/c30-18-10-17-26-28(32-20-24-13-6-2-7-14-24)29(33-21-25-15-8-3-9-16-25)27(34-26)22-31-19-23-11-4-1-5-12-23/h1-9,11-16,26-29H,10,17,19-22H2/t26-,27+,28+,29+/m0/s1. The third-order valence-corrected chi connectivity index (χ3v) is 5.91. The minimum Gasteiger partial charge on any atom is -0.374 e. The first-order chi connectivity index (χ1) is 16.8. The molecule has 3 aromatic carbocycles. The molecule has 1 aliphatic rings. The Morgan fingerprint density at radius 3 is 1.62 bits per heavy atom. The van der Waals surface area contributed by atoms with Gasteiger partial charge in [-0.2, -0.15) is 5.26 Å². The highest BCUT2D eigenvalue weighted by atomic mass is 16.6. The van der Waals surface area contributed by atoms with E-state index in [1.807, 2.05) is 91.0 Å². The summed E-state index contributed by atoms with van der Waals surface area (Å²) in [6.45, 7) is 1.81. The predicted molar refractivity (Wildman–Crippen MR) is 130 cm³/mol. The number of nitrogens with zero attached hydrogens (tertiary/aromatic N) is 1. The molecule has 1 fully saturated rings. The van der Waals surface area contributed by atoms with Gasteiger partial charge in [0.1, 0.15) is 18.3 Å². The van der Waals surface area contributed by atoms with Crippen molar-refractivity contribution in [3.05, 3.63) is 108 Å². The van der Waals surface area contributed by atoms with Crippen molar-refractivity contribution in [1.82, 2.24) is 0 Å². The summed E-state index contributed by atoms with van der Waals surface area (Å²) in [4.78, 5) is 0. The first-order valence-electron chi connectivity index (χ1n) is 11.8. The van der Waals surface area contributed by atoms with E-state index in [4.69, 9.17) is 24.2 Å². The van der Waals surface area contributed by atoms with Gasteiger partial charge in [-0.05, 0) is 23.1 Å². The summed E-state index contributed by atoms with van der Waals surface area (Å²) in [5, 5.41) is 9.17. The van der Waals surface area contributed by atoms with E-state index < -0.39 is 0 Å². The van der Waals surface area contributed by atoms with E-state index in [0.29, 0.717) is 39.3 Å². The first kappa shape index (κ1) is 24.1. The molecule has 0 aromatic heterocycles. The molecule has 5 heteroatoms. The number of hydrogen-bond acceptors (Lipinski definition) is 5. The summed E-state index contributed by atoms with van der Waals surface area (Å²) in [6, 6.07) is 32.5. The van der Waals surface area contributed by atoms with Gasteiger partial charge in [-0.3, -0.25) is 0 Å². The van der Waals surface area contributed by atoms with E-state index in [1.165, 1.54) is 0 Å². The Balaban J connectivity index is 1.46. The predicted octanol–water partition coefficient (Wildman–Crippen LogP) is 5.45. The molecule has 0 N–H and O–H groups in total. The van der Waals surface area contributed by atoms with Crippen LogP contribution in [0.15, 0.2) is 91.0 Å². The number of nitriles is 1. The Morgan fingerprint density at radius 2 is 1.12 bits per heavy atom. The van der Waals surface area contributed by atoms with Crippen LogP contribution in [0, 0.1) is 11.3 Å². The lowest BCUT2D eigenvalue weighted by molar-refractivity contribution is -0.0898. The van der Waals surface area contributed by atoms with Gasteiger partial charge in [-0.1, -0.05) is 91.0 Å². The zero-order valence-corrected chi connectivity index (χ0v) is 19.3. The molecule has 3 aromatic rings. The van der Waals surface area contributed by atoms with Gasteiger partial charge in [-0.15, -0.1) is 0 Å². The summed E-state index contributed by atoms with van der Waals surface area (Å²) in [7, 11) is 0. The average molecular weight is 458 g/mol. The molecule has 0 unspecified atom stereocenters. The summed E-state index contributed by atoms with van der Waals surface area (Å²) in [5.41, 5.74) is 3.29. The third kappa shape index (κ3) is 6.99. The van der Waals surface area contributed by atoms with Crippen molar-refractivity contribution in [2.75, 3.05) is 6.61 Å². The summed E-state index contributed by atoms with van der Waals surface area (Å²) in [6.07, 6.45) is -0.104. The fourth-order valence-corrected chi connectivity index (χ4v) is 4.18. The second kappa shape index (κ2) is 13.0. The van der Waals surface area contributed by atoms with Gasteiger partial charge in [0.25, 0.3) is 0 Å². The minimum atomic E-state index is -0.302. The van der Waals surface area contributed by atoms with Crippen molar-refractivity contribution >= 4 is 0 Å². The fourth-order valence-electron chi connectivity index (χ4n) is 4.18. The Bertz CT molecular complexity index is 1010. The Hall–Kier alpha value is -3.01. The van der Waals surface area contributed by atoms with Gasteiger partial charge in [0.15, 0.2) is 0 Å². The second-order valence-corrected chi connectivity index (χ2v) is 8.43. The number of ether oxygens (including phenoxy) is 4. The van der Waals surface area contributed by atoms with Gasteiger partial charge < -0.3 is 18.9 Å². The largest absolute Gasteiger partial charge is 0.374 e. The molecule has 0 saturated carbocycles. The van der Waals surface area contributed by atoms with Gasteiger partial charge in [-0.25, -0.2) is 0 Å². The Morgan fingerprint density at radius 1 is 0.647 bits per heavy atom. The molecule has 0 spiro atoms. The number of rotatable bonds is 12. The molecule has 34 heavy (non-hydrogen) atoms. The molecule has 1 saturated heterocycles. The number of hydrogen-bond donors (Lipinski definition) is 0. The average Bonchev–Trinajstić information content (AvgIpc) is 3.22. The lowest BCUT2D eigenvalue weighted by Crippen LogP contribution is -2.39. The molecule has 0 bridgehead atoms. The minimum absolute atomic E-state index is 0.227. The van der Waals surface area contributed by atoms with Crippen LogP contribution < -0.4 is 0 Å². The summed E-state index contributed by atoms with van der Waals surface area (Å²) >= 11 is 0. The van der Waals surface area contributed by atoms with Crippen molar-refractivity contribution < 1.29 is 18.9 Å². The summed E-state index contributed by atoms with van der Waals surface area (Å²) in [5.74, 6) is 0. The zero-order chi connectivity index (χ0) is 23.4. The van der Waals surface area contributed by atoms with E-state index >= 15 is 0 Å². The lowest BCUT2D eigenvalue weighted by atomic mass is 10.0. The smallest absolute Gasteiger partial charge is 0.115 e. The maximum absolute atomic E-state index is 9.17. The zero-order valence-electron chi connectivity index (χ0n) is 19.3. The van der Waals surface area contributed by atoms with E-state index in [9.17, 15) is 0 Å². The van der Waals surface area contributed by atoms with E-state index in [-0.39, 0.29) is 24.4 Å². The van der Waals surface area contributed by atoms with Gasteiger partial charge in [0.05, 0.1) is 38.6 Å². The molecule has 1 heterocycles. The molecular formula is C29H31NO4. The fraction of sp³-hybridized carbons (Fsp3) is 0.345. The van der Waals surface area contributed by atoms with E-state index in [0.717, 1.165) is 16.7 Å². The third-order valence-electron chi connectivity index (χ3n) is 5.91. The van der Waals surface area contributed by atoms with Crippen LogP contribution in [0.2, 0.25) is 0 Å². The Labute approximate surface area is 201 Å². The molecule has 0 amide bonds. The van der Waals surface area contributed by atoms with Crippen molar-refractivity contribution in [2.24, 2.45) is 0 Å². The monoisotopic (exact) mass is 457 g/mol. The van der Waals surface area contributed by atoms with Crippen LogP contribution in [-0.2, 0) is 38.8 Å². The molecular weight excluding hydrogens is 426 g/mol. The highest BCUT2D eigenvalue weighted by Gasteiger charge is 2.46. The van der Waals surface area contributed by atoms with Crippen LogP contribution in [0.3, 0.4) is 0 Å². The highest BCUT2D eigenvalue weighted by molar-refractivity contribution is 5.15. The van der Waals surface area contributed by atoms with Crippen LogP contribution >= 0.6 is 0 Å². The van der Waals surface area contributed by atoms with Gasteiger partial charge >= 0.3 is 0 Å². The molecule has 176 valence electrons. The van der Waals surface area contributed by atoms with E-state index in [1.54, 1.807) is 0 Å². The SMILES string of the molecule is N#CCC[C@@H]1O[C@H](COCc2ccccc2)[C@@H](OCc2ccccc2)[C@@H]1OCc1ccccc1. The van der Waals surface area contributed by atoms with Crippen molar-refractivity contribution in [2.45, 2.75) is 57.1 Å². The lowest BCUT2D eigenvalue weighted by Gasteiger charge is -2.25. The van der Waals surface area contributed by atoms with Gasteiger partial charge in [0, 0.05) is 6.42 Å². The van der Waals surface area contributed by atoms with Crippen molar-refractivity contribution in [1.29, 1.82) is 5.26 Å². The van der Waals surface area contributed by atoms with Crippen molar-refractivity contribution in [3.8, 4) is 6.07 Å². The quantitative estimate of drug-likeness (QED) is 0.362. The van der Waals surface area contributed by atoms with Crippen LogP contribution in [0.5, 0.6) is 0 Å². The van der Waals surface area contributed by atoms with Crippen LogP contribution in [0.1, 0.15) is 29.5 Å². The molecule has 4 atom stereocenters. The second-order valence-electron chi connectivity index (χ2n) is 8.43. The molecule has 4 rings (SSSR count). The van der Waals surface area contributed by atoms with Crippen molar-refractivity contribution in [3.63, 3.8) is 0 Å². The maximum Gasteiger partial charge on any atom is 0.115 e. The number of benzene rings is 3. The molecule has 0 radical (unpaired) electrons. The van der Waals surface area contributed by atoms with Crippen LogP contribution in [0.25, 0.3) is 0 Å². The highest BCUT2D eigenvalue weighted by Crippen LogP contribution is 2.31. The van der Waals surface area contributed by atoms with E-state index in [2.05, 4.69) is 6.07 Å². The molecule has 0 aliphatic carbocycles. The summed E-state index contributed by atoms with van der Waals surface area (Å²) < 4.78 is 25.2. The maximum atomic E-state index is 9.17. The van der Waals surface area contributed by atoms with Gasteiger partial charge in [0.2, 0.25) is 0 Å². The topological polar surface area (TPSA) is 60.7 Å². The molecule has 5 nitrogen and oxygen atoms in total.